The third-order valence-corrected chi connectivity index (χ3v) is 3.13. The molecule has 2 amide bonds. The minimum Gasteiger partial charge on any atom is -0.481 e. The molecule has 108 valence electrons. The highest BCUT2D eigenvalue weighted by Gasteiger charge is 2.23. The quantitative estimate of drug-likeness (QED) is 0.591. The molecule has 7 nitrogen and oxygen atoms in total. The van der Waals surface area contributed by atoms with Gasteiger partial charge in [0, 0.05) is 4.90 Å². The number of amides is 2. The fraction of sp³-hybridized carbons (Fsp3) is 0.250. The lowest BCUT2D eigenvalue weighted by Crippen LogP contribution is -2.44. The highest BCUT2D eigenvalue weighted by molar-refractivity contribution is 7.98. The minimum absolute atomic E-state index is 0.525. The molecule has 0 radical (unpaired) electrons. The van der Waals surface area contributed by atoms with Crippen LogP contribution in [0.3, 0.4) is 0 Å². The zero-order valence-electron chi connectivity index (χ0n) is 10.6. The van der Waals surface area contributed by atoms with Crippen molar-refractivity contribution in [2.45, 2.75) is 17.4 Å². The van der Waals surface area contributed by atoms with Crippen molar-refractivity contribution in [1.29, 1.82) is 0 Å². The van der Waals surface area contributed by atoms with Crippen molar-refractivity contribution in [2.75, 3.05) is 11.6 Å². The molecule has 0 aliphatic heterocycles. The lowest BCUT2D eigenvalue weighted by molar-refractivity contribution is -0.145. The van der Waals surface area contributed by atoms with Gasteiger partial charge in [-0.2, -0.15) is 0 Å². The third kappa shape index (κ3) is 4.81. The van der Waals surface area contributed by atoms with E-state index in [1.54, 1.807) is 24.3 Å². The number of hydrogen-bond donors (Lipinski definition) is 4. The summed E-state index contributed by atoms with van der Waals surface area (Å²) in [5.74, 6) is -2.71. The van der Waals surface area contributed by atoms with E-state index in [1.807, 2.05) is 6.26 Å². The largest absolute Gasteiger partial charge is 0.481 e. The van der Waals surface area contributed by atoms with E-state index < -0.39 is 30.4 Å². The molecule has 0 saturated carbocycles. The van der Waals surface area contributed by atoms with E-state index in [-0.39, 0.29) is 0 Å². The van der Waals surface area contributed by atoms with Crippen LogP contribution in [0.15, 0.2) is 29.2 Å². The van der Waals surface area contributed by atoms with Crippen LogP contribution in [0.25, 0.3) is 0 Å². The Hall–Kier alpha value is -2.22. The van der Waals surface area contributed by atoms with Crippen LogP contribution >= 0.6 is 11.8 Å². The molecule has 1 aromatic rings. The minimum atomic E-state index is -1.48. The number of carboxylic acid groups (broad SMARTS) is 2. The molecular formula is C12H14N2O5S. The summed E-state index contributed by atoms with van der Waals surface area (Å²) in [7, 11) is 0. The molecule has 0 bridgehead atoms. The van der Waals surface area contributed by atoms with Crippen LogP contribution in [0.5, 0.6) is 0 Å². The molecule has 0 heterocycles. The van der Waals surface area contributed by atoms with E-state index in [0.717, 1.165) is 4.90 Å². The highest BCUT2D eigenvalue weighted by atomic mass is 32.2. The Morgan fingerprint density at radius 2 is 1.90 bits per heavy atom. The Labute approximate surface area is 119 Å². The predicted octanol–water partition coefficient (Wildman–Crippen LogP) is 1.46. The summed E-state index contributed by atoms with van der Waals surface area (Å²) in [5.41, 5.74) is 0.525. The van der Waals surface area contributed by atoms with Gasteiger partial charge < -0.3 is 20.8 Å². The number of carbonyl (C=O) groups excluding carboxylic acids is 1. The molecule has 1 atom stereocenters. The average Bonchev–Trinajstić information content (AvgIpc) is 2.37. The van der Waals surface area contributed by atoms with Crippen molar-refractivity contribution in [3.63, 3.8) is 0 Å². The Kier molecular flexibility index (Phi) is 5.85. The van der Waals surface area contributed by atoms with Crippen LogP contribution in [0, 0.1) is 0 Å². The molecule has 0 aromatic heterocycles. The van der Waals surface area contributed by atoms with Gasteiger partial charge in [0.05, 0.1) is 12.1 Å². The van der Waals surface area contributed by atoms with Crippen LogP contribution < -0.4 is 10.6 Å². The monoisotopic (exact) mass is 298 g/mol. The number of benzene rings is 1. The molecule has 0 aliphatic rings. The van der Waals surface area contributed by atoms with E-state index in [9.17, 15) is 14.4 Å². The fourth-order valence-corrected chi connectivity index (χ4v) is 1.99. The number of nitrogens with one attached hydrogen (secondary N) is 2. The van der Waals surface area contributed by atoms with E-state index >= 15 is 0 Å². The normalized spacial score (nSPS) is 11.4. The van der Waals surface area contributed by atoms with Gasteiger partial charge >= 0.3 is 18.0 Å². The zero-order chi connectivity index (χ0) is 15.1. The second-order valence-electron chi connectivity index (χ2n) is 3.79. The van der Waals surface area contributed by atoms with Gasteiger partial charge in [-0.1, -0.05) is 12.1 Å². The van der Waals surface area contributed by atoms with Crippen LogP contribution in [0.2, 0.25) is 0 Å². The second-order valence-corrected chi connectivity index (χ2v) is 4.64. The van der Waals surface area contributed by atoms with Gasteiger partial charge in [-0.15, -0.1) is 11.8 Å². The summed E-state index contributed by atoms with van der Waals surface area (Å²) in [6.07, 6.45) is 1.15. The van der Waals surface area contributed by atoms with E-state index in [4.69, 9.17) is 10.2 Å². The van der Waals surface area contributed by atoms with Gasteiger partial charge in [-0.25, -0.2) is 9.59 Å². The number of hydrogen-bond acceptors (Lipinski definition) is 4. The lowest BCUT2D eigenvalue weighted by atomic mass is 10.2. The number of thioether (sulfide) groups is 1. The van der Waals surface area contributed by atoms with Crippen molar-refractivity contribution >= 4 is 35.4 Å². The molecule has 0 saturated heterocycles. The van der Waals surface area contributed by atoms with Crippen molar-refractivity contribution in [2.24, 2.45) is 0 Å². The summed E-state index contributed by atoms with van der Waals surface area (Å²) in [4.78, 5) is 33.9. The standard InChI is InChI=1S/C12H14N2O5S/c1-20-9-5-3-2-4-7(9)13-12(19)14-8(11(17)18)6-10(15)16/h2-5,8H,6H2,1H3,(H,15,16)(H,17,18)(H2,13,14,19). The second kappa shape index (κ2) is 7.39. The molecule has 0 aliphatic carbocycles. The third-order valence-electron chi connectivity index (χ3n) is 2.34. The number of carboxylic acids is 2. The molecule has 4 N–H and O–H groups in total. The van der Waals surface area contributed by atoms with Crippen LogP contribution in [-0.4, -0.2) is 40.5 Å². The number of carbonyl (C=O) groups is 3. The van der Waals surface area contributed by atoms with Crippen LogP contribution in [0.1, 0.15) is 6.42 Å². The molecule has 0 spiro atoms. The number of rotatable bonds is 6. The van der Waals surface area contributed by atoms with Gasteiger partial charge in [0.15, 0.2) is 0 Å². The number of aliphatic carboxylic acids is 2. The fourth-order valence-electron chi connectivity index (χ4n) is 1.44. The molecule has 1 aromatic carbocycles. The maximum Gasteiger partial charge on any atom is 0.326 e. The van der Waals surface area contributed by atoms with Crippen molar-refractivity contribution < 1.29 is 24.6 Å². The molecule has 1 unspecified atom stereocenters. The van der Waals surface area contributed by atoms with E-state index in [0.29, 0.717) is 5.69 Å². The Balaban J connectivity index is 2.70. The summed E-state index contributed by atoms with van der Waals surface area (Å²) in [5, 5.41) is 22.0. The first-order valence-corrected chi connectivity index (χ1v) is 6.81. The highest BCUT2D eigenvalue weighted by Crippen LogP contribution is 2.24. The van der Waals surface area contributed by atoms with Crippen LogP contribution in [-0.2, 0) is 9.59 Å². The predicted molar refractivity (Wildman–Crippen MR) is 74.1 cm³/mol. The molecule has 0 fully saturated rings. The van der Waals surface area contributed by atoms with E-state index in [2.05, 4.69) is 10.6 Å². The zero-order valence-corrected chi connectivity index (χ0v) is 11.4. The smallest absolute Gasteiger partial charge is 0.326 e. The van der Waals surface area contributed by atoms with Crippen LogP contribution in [0.4, 0.5) is 10.5 Å². The molecular weight excluding hydrogens is 284 g/mol. The lowest BCUT2D eigenvalue weighted by Gasteiger charge is -2.14. The molecule has 8 heteroatoms. The SMILES string of the molecule is CSc1ccccc1NC(=O)NC(CC(=O)O)C(=O)O. The Bertz CT molecular complexity index is 520. The summed E-state index contributed by atoms with van der Waals surface area (Å²) in [6, 6.07) is 4.75. The maximum atomic E-state index is 11.7. The van der Waals surface area contributed by atoms with Gasteiger partial charge in [0.25, 0.3) is 0 Å². The molecule has 1 rings (SSSR count). The van der Waals surface area contributed by atoms with Gasteiger partial charge in [-0.3, -0.25) is 4.79 Å². The first kappa shape index (κ1) is 15.8. The van der Waals surface area contributed by atoms with Gasteiger partial charge in [-0.05, 0) is 18.4 Å². The average molecular weight is 298 g/mol. The van der Waals surface area contributed by atoms with Crippen molar-refractivity contribution in [3.05, 3.63) is 24.3 Å². The summed E-state index contributed by atoms with van der Waals surface area (Å²) >= 11 is 1.42. The van der Waals surface area contributed by atoms with Gasteiger partial charge in [0.2, 0.25) is 0 Å². The summed E-state index contributed by atoms with van der Waals surface area (Å²) in [6.45, 7) is 0. The number of anilines is 1. The van der Waals surface area contributed by atoms with Crippen molar-refractivity contribution in [1.82, 2.24) is 5.32 Å². The van der Waals surface area contributed by atoms with Crippen molar-refractivity contribution in [3.8, 4) is 0 Å². The summed E-state index contributed by atoms with van der Waals surface area (Å²) < 4.78 is 0. The Morgan fingerprint density at radius 1 is 1.25 bits per heavy atom. The maximum absolute atomic E-state index is 11.7. The molecule has 20 heavy (non-hydrogen) atoms. The topological polar surface area (TPSA) is 116 Å². The first-order valence-electron chi connectivity index (χ1n) is 5.59. The first-order chi connectivity index (χ1) is 9.43. The number of para-hydroxylation sites is 1. The van der Waals surface area contributed by atoms with E-state index in [1.165, 1.54) is 11.8 Å². The number of urea groups is 1. The Morgan fingerprint density at radius 3 is 2.45 bits per heavy atom. The van der Waals surface area contributed by atoms with Gasteiger partial charge in [0.1, 0.15) is 6.04 Å².